The van der Waals surface area contributed by atoms with E-state index < -0.39 is 0 Å². The number of rotatable bonds is 4. The molecule has 2 aromatic carbocycles. The number of para-hydroxylation sites is 1. The van der Waals surface area contributed by atoms with Gasteiger partial charge in [0, 0.05) is 18.0 Å². The molecule has 1 aromatic heterocycles. The predicted molar refractivity (Wildman–Crippen MR) is 87.8 cm³/mol. The van der Waals surface area contributed by atoms with E-state index in [1.165, 1.54) is 16.8 Å². The molecule has 0 saturated carbocycles. The highest BCUT2D eigenvalue weighted by molar-refractivity contribution is 5.61. The highest BCUT2D eigenvalue weighted by atomic mass is 15.1. The molecule has 0 radical (unpaired) electrons. The topological polar surface area (TPSA) is 17.8 Å². The fourth-order valence-electron chi connectivity index (χ4n) is 2.81. The van der Waals surface area contributed by atoms with Crippen molar-refractivity contribution in [3.05, 3.63) is 72.1 Å². The molecular formula is C19H20N2. The fraction of sp³-hybridized carbons (Fsp3) is 0.211. The van der Waals surface area contributed by atoms with Gasteiger partial charge in [0.05, 0.1) is 5.69 Å². The molecule has 0 bridgehead atoms. The molecule has 0 aliphatic rings. The maximum atomic E-state index is 4.58. The Bertz CT molecular complexity index is 704. The first kappa shape index (κ1) is 13.6. The van der Waals surface area contributed by atoms with Gasteiger partial charge < -0.3 is 0 Å². The van der Waals surface area contributed by atoms with E-state index in [0.29, 0.717) is 0 Å². The van der Waals surface area contributed by atoms with Crippen LogP contribution in [0.3, 0.4) is 0 Å². The summed E-state index contributed by atoms with van der Waals surface area (Å²) < 4.78 is 2.23. The number of benzene rings is 2. The smallest absolute Gasteiger partial charge is 0.144 e. The van der Waals surface area contributed by atoms with Gasteiger partial charge in [-0.3, -0.25) is 4.57 Å². The Morgan fingerprint density at radius 1 is 0.857 bits per heavy atom. The minimum atomic E-state index is 1.01. The first-order chi connectivity index (χ1) is 10.3. The van der Waals surface area contributed by atoms with Crippen molar-refractivity contribution in [2.45, 2.75) is 26.7 Å². The third-order valence-corrected chi connectivity index (χ3v) is 3.88. The van der Waals surface area contributed by atoms with Gasteiger partial charge in [-0.15, -0.1) is 0 Å². The minimum Gasteiger partial charge on any atom is -0.299 e. The van der Waals surface area contributed by atoms with E-state index >= 15 is 0 Å². The summed E-state index contributed by atoms with van der Waals surface area (Å²) in [6, 6.07) is 16.9. The van der Waals surface area contributed by atoms with Gasteiger partial charge in [0.1, 0.15) is 5.82 Å². The average Bonchev–Trinajstić information content (AvgIpc) is 3.04. The van der Waals surface area contributed by atoms with Crippen molar-refractivity contribution in [3.63, 3.8) is 0 Å². The lowest BCUT2D eigenvalue weighted by molar-refractivity contribution is 0.969. The second-order valence-electron chi connectivity index (χ2n) is 5.12. The summed E-state index contributed by atoms with van der Waals surface area (Å²) in [5.74, 6) is 1.01. The van der Waals surface area contributed by atoms with Crippen LogP contribution in [0.25, 0.3) is 17.1 Å². The standard InChI is InChI=1S/C19H20N2/c1-3-15-11-8-12-16(4-2)18(15)21-14-13-20-19(21)17-9-6-5-7-10-17/h5-14H,3-4H2,1-2H3. The molecule has 3 aromatic rings. The van der Waals surface area contributed by atoms with Gasteiger partial charge in [0.15, 0.2) is 0 Å². The van der Waals surface area contributed by atoms with Gasteiger partial charge in [-0.25, -0.2) is 4.98 Å². The SMILES string of the molecule is CCc1cccc(CC)c1-n1ccnc1-c1ccccc1. The van der Waals surface area contributed by atoms with Crippen LogP contribution < -0.4 is 0 Å². The van der Waals surface area contributed by atoms with Crippen LogP contribution in [0.2, 0.25) is 0 Å². The van der Waals surface area contributed by atoms with Crippen LogP contribution in [-0.2, 0) is 12.8 Å². The molecule has 3 rings (SSSR count). The van der Waals surface area contributed by atoms with E-state index in [-0.39, 0.29) is 0 Å². The van der Waals surface area contributed by atoms with Crippen molar-refractivity contribution >= 4 is 0 Å². The molecule has 21 heavy (non-hydrogen) atoms. The van der Waals surface area contributed by atoms with Crippen molar-refractivity contribution < 1.29 is 0 Å². The van der Waals surface area contributed by atoms with Crippen molar-refractivity contribution in [1.29, 1.82) is 0 Å². The Hall–Kier alpha value is -2.35. The second kappa shape index (κ2) is 5.96. The summed E-state index contributed by atoms with van der Waals surface area (Å²) in [7, 11) is 0. The maximum absolute atomic E-state index is 4.58. The molecule has 0 amide bonds. The number of nitrogens with zero attached hydrogens (tertiary/aromatic N) is 2. The van der Waals surface area contributed by atoms with Gasteiger partial charge in [-0.1, -0.05) is 62.4 Å². The first-order valence-electron chi connectivity index (χ1n) is 7.55. The fourth-order valence-corrected chi connectivity index (χ4v) is 2.81. The van der Waals surface area contributed by atoms with E-state index in [2.05, 4.69) is 72.1 Å². The summed E-state index contributed by atoms with van der Waals surface area (Å²) in [5.41, 5.74) is 5.17. The molecular weight excluding hydrogens is 256 g/mol. The summed E-state index contributed by atoms with van der Waals surface area (Å²) in [4.78, 5) is 4.58. The van der Waals surface area contributed by atoms with Crippen LogP contribution in [0.5, 0.6) is 0 Å². The molecule has 1 heterocycles. The van der Waals surface area contributed by atoms with E-state index in [4.69, 9.17) is 0 Å². The first-order valence-corrected chi connectivity index (χ1v) is 7.55. The Balaban J connectivity index is 2.21. The van der Waals surface area contributed by atoms with Gasteiger partial charge in [0.2, 0.25) is 0 Å². The van der Waals surface area contributed by atoms with Gasteiger partial charge in [0.25, 0.3) is 0 Å². The summed E-state index contributed by atoms with van der Waals surface area (Å²) in [6.45, 7) is 4.41. The lowest BCUT2D eigenvalue weighted by Gasteiger charge is -2.16. The summed E-state index contributed by atoms with van der Waals surface area (Å²) >= 11 is 0. The number of imidazole rings is 1. The molecule has 0 spiro atoms. The normalized spacial score (nSPS) is 10.8. The Morgan fingerprint density at radius 3 is 2.14 bits per heavy atom. The van der Waals surface area contributed by atoms with E-state index in [9.17, 15) is 0 Å². The summed E-state index contributed by atoms with van der Waals surface area (Å²) in [6.07, 6.45) is 6.00. The predicted octanol–water partition coefficient (Wildman–Crippen LogP) is 4.66. The molecule has 0 fully saturated rings. The van der Waals surface area contributed by atoms with Crippen molar-refractivity contribution in [2.75, 3.05) is 0 Å². The van der Waals surface area contributed by atoms with Crippen LogP contribution in [0.1, 0.15) is 25.0 Å². The van der Waals surface area contributed by atoms with Crippen molar-refractivity contribution in [3.8, 4) is 17.1 Å². The van der Waals surface area contributed by atoms with Crippen molar-refractivity contribution in [1.82, 2.24) is 9.55 Å². The quantitative estimate of drug-likeness (QED) is 0.677. The highest BCUT2D eigenvalue weighted by Crippen LogP contribution is 2.27. The largest absolute Gasteiger partial charge is 0.299 e. The van der Waals surface area contributed by atoms with Gasteiger partial charge in [-0.2, -0.15) is 0 Å². The maximum Gasteiger partial charge on any atom is 0.144 e. The molecule has 0 atom stereocenters. The number of aromatic nitrogens is 2. The lowest BCUT2D eigenvalue weighted by atomic mass is 10.0. The minimum absolute atomic E-state index is 1.01. The molecule has 0 saturated heterocycles. The van der Waals surface area contributed by atoms with Crippen LogP contribution in [-0.4, -0.2) is 9.55 Å². The number of hydrogen-bond acceptors (Lipinski definition) is 1. The third kappa shape index (κ3) is 2.49. The Morgan fingerprint density at radius 2 is 1.52 bits per heavy atom. The van der Waals surface area contributed by atoms with Crippen LogP contribution in [0.4, 0.5) is 0 Å². The third-order valence-electron chi connectivity index (χ3n) is 3.88. The molecule has 0 unspecified atom stereocenters. The van der Waals surface area contributed by atoms with Crippen molar-refractivity contribution in [2.24, 2.45) is 0 Å². The van der Waals surface area contributed by atoms with Crippen LogP contribution >= 0.6 is 0 Å². The van der Waals surface area contributed by atoms with Crippen LogP contribution in [0.15, 0.2) is 60.9 Å². The van der Waals surface area contributed by atoms with Crippen LogP contribution in [0, 0.1) is 0 Å². The zero-order valence-electron chi connectivity index (χ0n) is 12.6. The van der Waals surface area contributed by atoms with Gasteiger partial charge in [-0.05, 0) is 24.0 Å². The molecule has 106 valence electrons. The van der Waals surface area contributed by atoms with E-state index in [1.54, 1.807) is 0 Å². The Labute approximate surface area is 126 Å². The Kier molecular flexibility index (Phi) is 3.87. The lowest BCUT2D eigenvalue weighted by Crippen LogP contribution is -2.04. The molecule has 2 nitrogen and oxygen atoms in total. The molecule has 0 N–H and O–H groups in total. The van der Waals surface area contributed by atoms with E-state index in [0.717, 1.165) is 24.2 Å². The zero-order chi connectivity index (χ0) is 14.7. The van der Waals surface area contributed by atoms with E-state index in [1.807, 2.05) is 12.3 Å². The number of aryl methyl sites for hydroxylation is 2. The molecule has 0 aliphatic carbocycles. The number of hydrogen-bond donors (Lipinski definition) is 0. The van der Waals surface area contributed by atoms with Gasteiger partial charge >= 0.3 is 0 Å². The highest BCUT2D eigenvalue weighted by Gasteiger charge is 2.13. The monoisotopic (exact) mass is 276 g/mol. The second-order valence-corrected chi connectivity index (χ2v) is 5.12. The average molecular weight is 276 g/mol. The summed E-state index contributed by atoms with van der Waals surface area (Å²) in [5, 5.41) is 0. The zero-order valence-corrected chi connectivity index (χ0v) is 12.6. The molecule has 2 heteroatoms. The molecule has 0 aliphatic heterocycles.